The Morgan fingerprint density at radius 2 is 2.05 bits per heavy atom. The average molecular weight is 313 g/mol. The van der Waals surface area contributed by atoms with Gasteiger partial charge in [-0.1, -0.05) is 42.5 Å². The predicted molar refractivity (Wildman–Crippen MR) is 89.8 cm³/mol. The number of hydrogen-bond donors (Lipinski definition) is 0. The molecule has 0 aromatic heterocycles. The Balaban J connectivity index is 1.71. The largest absolute Gasteiger partial charge is 0.489 e. The molecule has 2 aromatic rings. The van der Waals surface area contributed by atoms with Gasteiger partial charge in [-0.3, -0.25) is 4.79 Å². The Bertz CT molecular complexity index is 645. The van der Waals surface area contributed by atoms with Crippen LogP contribution >= 0.6 is 11.8 Å². The zero-order valence-electron chi connectivity index (χ0n) is 12.6. The quantitative estimate of drug-likeness (QED) is 0.858. The van der Waals surface area contributed by atoms with Gasteiger partial charge in [-0.05, 0) is 23.3 Å². The predicted octanol–water partition coefficient (Wildman–Crippen LogP) is 3.86. The number of nitrogens with zero attached hydrogens (tertiary/aromatic N) is 1. The Morgan fingerprint density at radius 3 is 2.82 bits per heavy atom. The molecular weight excluding hydrogens is 294 g/mol. The molecule has 4 heteroatoms. The average Bonchev–Trinajstić information content (AvgIpc) is 3.04. The van der Waals surface area contributed by atoms with Crippen molar-refractivity contribution in [3.05, 3.63) is 65.7 Å². The Hall–Kier alpha value is -1.94. The Kier molecular flexibility index (Phi) is 4.68. The van der Waals surface area contributed by atoms with Crippen LogP contribution in [0.5, 0.6) is 5.75 Å². The highest BCUT2D eigenvalue weighted by Crippen LogP contribution is 2.38. The molecule has 1 unspecified atom stereocenters. The van der Waals surface area contributed by atoms with Gasteiger partial charge in [0.15, 0.2) is 0 Å². The fourth-order valence-corrected chi connectivity index (χ4v) is 3.87. The van der Waals surface area contributed by atoms with Gasteiger partial charge >= 0.3 is 0 Å². The molecule has 1 aliphatic rings. The first-order chi connectivity index (χ1) is 10.7. The van der Waals surface area contributed by atoms with Crippen LogP contribution in [0.25, 0.3) is 0 Å². The fourth-order valence-electron chi connectivity index (χ4n) is 2.57. The molecule has 0 bridgehead atoms. The van der Waals surface area contributed by atoms with Crippen molar-refractivity contribution in [2.45, 2.75) is 18.9 Å². The van der Waals surface area contributed by atoms with Crippen LogP contribution in [-0.2, 0) is 11.4 Å². The summed E-state index contributed by atoms with van der Waals surface area (Å²) in [5, 5.41) is 0.109. The fraction of sp³-hybridized carbons (Fsp3) is 0.278. The standard InChI is InChI=1S/C18H19NO2S/c1-14(20)19-10-11-22-18(19)16-8-5-9-17(12-16)21-13-15-6-3-2-4-7-15/h2-9,12,18H,10-11,13H2,1H3. The van der Waals surface area contributed by atoms with E-state index < -0.39 is 0 Å². The smallest absolute Gasteiger partial charge is 0.220 e. The minimum Gasteiger partial charge on any atom is -0.489 e. The van der Waals surface area contributed by atoms with E-state index >= 15 is 0 Å². The molecule has 114 valence electrons. The van der Waals surface area contributed by atoms with Crippen molar-refractivity contribution < 1.29 is 9.53 Å². The second-order valence-electron chi connectivity index (χ2n) is 5.28. The summed E-state index contributed by atoms with van der Waals surface area (Å²) in [6.45, 7) is 3.01. The first-order valence-electron chi connectivity index (χ1n) is 7.39. The van der Waals surface area contributed by atoms with Crippen LogP contribution in [0.1, 0.15) is 23.4 Å². The highest BCUT2D eigenvalue weighted by atomic mass is 32.2. The van der Waals surface area contributed by atoms with Crippen LogP contribution in [0.15, 0.2) is 54.6 Å². The number of ether oxygens (including phenoxy) is 1. The molecule has 0 spiro atoms. The molecule has 0 radical (unpaired) electrons. The van der Waals surface area contributed by atoms with Crippen LogP contribution in [-0.4, -0.2) is 23.1 Å². The number of carbonyl (C=O) groups excluding carboxylic acids is 1. The summed E-state index contributed by atoms with van der Waals surface area (Å²) < 4.78 is 5.88. The number of amides is 1. The van der Waals surface area contributed by atoms with E-state index in [9.17, 15) is 4.79 Å². The van der Waals surface area contributed by atoms with Crippen molar-refractivity contribution in [2.24, 2.45) is 0 Å². The summed E-state index contributed by atoms with van der Waals surface area (Å²) in [5.41, 5.74) is 2.27. The molecule has 3 rings (SSSR count). The van der Waals surface area contributed by atoms with Gasteiger partial charge in [0.05, 0.1) is 0 Å². The second-order valence-corrected chi connectivity index (χ2v) is 6.47. The SMILES string of the molecule is CC(=O)N1CCSC1c1cccc(OCc2ccccc2)c1. The van der Waals surface area contributed by atoms with Gasteiger partial charge in [-0.25, -0.2) is 0 Å². The second kappa shape index (κ2) is 6.88. The normalized spacial score (nSPS) is 17.5. The molecule has 1 atom stereocenters. The first kappa shape index (κ1) is 15.0. The number of hydrogen-bond acceptors (Lipinski definition) is 3. The molecule has 22 heavy (non-hydrogen) atoms. The number of benzene rings is 2. The summed E-state index contributed by atoms with van der Waals surface area (Å²) in [6.07, 6.45) is 0. The van der Waals surface area contributed by atoms with E-state index in [1.54, 1.807) is 18.7 Å². The van der Waals surface area contributed by atoms with Crippen LogP contribution in [0.4, 0.5) is 0 Å². The van der Waals surface area contributed by atoms with Gasteiger partial charge < -0.3 is 9.64 Å². The maximum absolute atomic E-state index is 11.7. The van der Waals surface area contributed by atoms with Crippen molar-refractivity contribution in [2.75, 3.05) is 12.3 Å². The molecule has 1 heterocycles. The lowest BCUT2D eigenvalue weighted by Crippen LogP contribution is -2.27. The summed E-state index contributed by atoms with van der Waals surface area (Å²) in [6, 6.07) is 18.2. The molecule has 1 aliphatic heterocycles. The van der Waals surface area contributed by atoms with Crippen LogP contribution < -0.4 is 4.74 Å². The monoisotopic (exact) mass is 313 g/mol. The molecule has 2 aromatic carbocycles. The third-order valence-electron chi connectivity index (χ3n) is 3.69. The van der Waals surface area contributed by atoms with Gasteiger partial charge in [-0.2, -0.15) is 0 Å². The Morgan fingerprint density at radius 1 is 1.23 bits per heavy atom. The van der Waals surface area contributed by atoms with Crippen LogP contribution in [0.3, 0.4) is 0 Å². The maximum Gasteiger partial charge on any atom is 0.220 e. The summed E-state index contributed by atoms with van der Waals surface area (Å²) in [4.78, 5) is 13.6. The summed E-state index contributed by atoms with van der Waals surface area (Å²) in [5.74, 6) is 1.96. The van der Waals surface area contributed by atoms with Crippen LogP contribution in [0.2, 0.25) is 0 Å². The number of rotatable bonds is 4. The van der Waals surface area contributed by atoms with E-state index in [1.165, 1.54) is 0 Å². The Labute approximate surface area is 135 Å². The maximum atomic E-state index is 11.7. The minimum absolute atomic E-state index is 0.109. The first-order valence-corrected chi connectivity index (χ1v) is 8.44. The van der Waals surface area contributed by atoms with Crippen molar-refractivity contribution in [3.8, 4) is 5.75 Å². The molecule has 3 nitrogen and oxygen atoms in total. The van der Waals surface area contributed by atoms with E-state index in [2.05, 4.69) is 6.07 Å². The third-order valence-corrected chi connectivity index (χ3v) is 4.95. The minimum atomic E-state index is 0.109. The van der Waals surface area contributed by atoms with Crippen molar-refractivity contribution in [1.29, 1.82) is 0 Å². The lowest BCUT2D eigenvalue weighted by molar-refractivity contribution is -0.128. The summed E-state index contributed by atoms with van der Waals surface area (Å²) in [7, 11) is 0. The van der Waals surface area contributed by atoms with Crippen LogP contribution in [0, 0.1) is 0 Å². The van der Waals surface area contributed by atoms with Gasteiger partial charge in [0.1, 0.15) is 17.7 Å². The van der Waals surface area contributed by atoms with E-state index in [0.29, 0.717) is 6.61 Å². The summed E-state index contributed by atoms with van der Waals surface area (Å²) >= 11 is 1.80. The van der Waals surface area contributed by atoms with E-state index in [1.807, 2.05) is 53.4 Å². The van der Waals surface area contributed by atoms with Crippen molar-refractivity contribution >= 4 is 17.7 Å². The molecule has 0 N–H and O–H groups in total. The number of thioether (sulfide) groups is 1. The molecule has 0 aliphatic carbocycles. The zero-order valence-corrected chi connectivity index (χ0v) is 13.4. The topological polar surface area (TPSA) is 29.5 Å². The van der Waals surface area contributed by atoms with Crippen molar-refractivity contribution in [1.82, 2.24) is 4.90 Å². The third kappa shape index (κ3) is 3.45. The number of carbonyl (C=O) groups is 1. The lowest BCUT2D eigenvalue weighted by Gasteiger charge is -2.23. The van der Waals surface area contributed by atoms with Crippen molar-refractivity contribution in [3.63, 3.8) is 0 Å². The van der Waals surface area contributed by atoms with E-state index in [-0.39, 0.29) is 11.3 Å². The highest BCUT2D eigenvalue weighted by Gasteiger charge is 2.28. The molecule has 1 saturated heterocycles. The zero-order chi connectivity index (χ0) is 15.4. The van der Waals surface area contributed by atoms with Gasteiger partial charge in [-0.15, -0.1) is 11.8 Å². The molecule has 0 saturated carbocycles. The van der Waals surface area contributed by atoms with E-state index in [4.69, 9.17) is 4.74 Å². The highest BCUT2D eigenvalue weighted by molar-refractivity contribution is 7.99. The van der Waals surface area contributed by atoms with Gasteiger partial charge in [0.2, 0.25) is 5.91 Å². The van der Waals surface area contributed by atoms with E-state index in [0.717, 1.165) is 29.2 Å². The van der Waals surface area contributed by atoms with Gasteiger partial charge in [0.25, 0.3) is 0 Å². The van der Waals surface area contributed by atoms with Gasteiger partial charge in [0, 0.05) is 19.2 Å². The molecular formula is C18H19NO2S. The lowest BCUT2D eigenvalue weighted by atomic mass is 10.2. The molecule has 1 fully saturated rings. The molecule has 1 amide bonds.